The molecule has 0 radical (unpaired) electrons. The quantitative estimate of drug-likeness (QED) is 0.714. The van der Waals surface area contributed by atoms with E-state index in [-0.39, 0.29) is 4.90 Å². The lowest BCUT2D eigenvalue weighted by Gasteiger charge is -2.16. The molecule has 0 aromatic heterocycles. The Labute approximate surface area is 120 Å². The van der Waals surface area contributed by atoms with Crippen molar-refractivity contribution in [2.45, 2.75) is 30.1 Å². The summed E-state index contributed by atoms with van der Waals surface area (Å²) in [7, 11) is -4.25. The molecule has 0 unspecified atom stereocenters. The minimum Gasteiger partial charge on any atom is -0.330 e. The highest BCUT2D eigenvalue weighted by molar-refractivity contribution is 7.89. The predicted octanol–water partition coefficient (Wildman–Crippen LogP) is 1.76. The zero-order valence-electron chi connectivity index (χ0n) is 11.0. The van der Waals surface area contributed by atoms with E-state index in [2.05, 4.69) is 0 Å². The first-order valence-corrected chi connectivity index (χ1v) is 7.62. The summed E-state index contributed by atoms with van der Waals surface area (Å²) < 4.78 is 74.3. The maximum atomic E-state index is 12.7. The average molecular weight is 328 g/mol. The van der Waals surface area contributed by atoms with E-state index in [4.69, 9.17) is 5.73 Å². The van der Waals surface area contributed by atoms with Crippen molar-refractivity contribution in [3.05, 3.63) is 29.8 Å². The second-order valence-electron chi connectivity index (χ2n) is 4.42. The van der Waals surface area contributed by atoms with Gasteiger partial charge in [-0.2, -0.15) is 8.78 Å². The molecule has 0 saturated carbocycles. The summed E-state index contributed by atoms with van der Waals surface area (Å²) in [6.45, 7) is -1.16. The minimum atomic E-state index is -4.41. The largest absolute Gasteiger partial charge is 0.330 e. The van der Waals surface area contributed by atoms with Crippen molar-refractivity contribution in [2.75, 3.05) is 13.1 Å². The smallest absolute Gasteiger partial charge is 0.320 e. The molecule has 0 amide bonds. The second kappa shape index (κ2) is 7.19. The molecular formula is C12H16F4N2O2S. The normalized spacial score (nSPS) is 12.9. The van der Waals surface area contributed by atoms with E-state index < -0.39 is 28.9 Å². The van der Waals surface area contributed by atoms with Gasteiger partial charge in [0.15, 0.2) is 0 Å². The molecule has 0 bridgehead atoms. The highest BCUT2D eigenvalue weighted by Gasteiger charge is 2.41. The van der Waals surface area contributed by atoms with Crippen LogP contribution in [0, 0.1) is 0 Å². The molecule has 0 fully saturated rings. The Morgan fingerprint density at radius 1 is 1.19 bits per heavy atom. The molecule has 9 heteroatoms. The van der Waals surface area contributed by atoms with Gasteiger partial charge in [0.1, 0.15) is 0 Å². The highest BCUT2D eigenvalue weighted by atomic mass is 32.2. The van der Waals surface area contributed by atoms with E-state index >= 15 is 0 Å². The van der Waals surface area contributed by atoms with Gasteiger partial charge in [0.25, 0.3) is 0 Å². The molecule has 0 heterocycles. The molecule has 0 aliphatic carbocycles. The van der Waals surface area contributed by atoms with E-state index in [1.54, 1.807) is 0 Å². The van der Waals surface area contributed by atoms with E-state index in [1.807, 2.05) is 0 Å². The molecule has 0 saturated heterocycles. The molecule has 0 aliphatic rings. The standard InChI is InChI=1S/C12H16F4N2O2S/c13-11(14)12(15,16)8-18-21(19,20)10-5-3-9(4-6-10)2-1-7-17/h3-6,11,18H,1-2,7-8,17H2. The van der Waals surface area contributed by atoms with E-state index in [0.717, 1.165) is 12.0 Å². The Morgan fingerprint density at radius 3 is 2.24 bits per heavy atom. The van der Waals surface area contributed by atoms with Crippen LogP contribution in [0.4, 0.5) is 17.6 Å². The number of alkyl halides is 4. The molecule has 1 rings (SSSR count). The van der Waals surface area contributed by atoms with Crippen molar-refractivity contribution < 1.29 is 26.0 Å². The Morgan fingerprint density at radius 2 is 1.76 bits per heavy atom. The third-order valence-corrected chi connectivity index (χ3v) is 4.14. The molecule has 1 aromatic rings. The summed E-state index contributed by atoms with van der Waals surface area (Å²) in [5, 5.41) is 0. The molecular weight excluding hydrogens is 312 g/mol. The van der Waals surface area contributed by atoms with Crippen molar-refractivity contribution in [1.82, 2.24) is 4.72 Å². The summed E-state index contributed by atoms with van der Waals surface area (Å²) in [4.78, 5) is -0.260. The first kappa shape index (κ1) is 17.9. The molecule has 0 aliphatic heterocycles. The molecule has 120 valence electrons. The molecule has 0 atom stereocenters. The number of benzene rings is 1. The van der Waals surface area contributed by atoms with Crippen molar-refractivity contribution in [2.24, 2.45) is 5.73 Å². The Kier molecular flexibility index (Phi) is 6.11. The fourth-order valence-corrected chi connectivity index (χ4v) is 2.54. The fourth-order valence-electron chi connectivity index (χ4n) is 1.49. The third-order valence-electron chi connectivity index (χ3n) is 2.72. The zero-order valence-corrected chi connectivity index (χ0v) is 11.8. The van der Waals surface area contributed by atoms with Crippen LogP contribution in [0.1, 0.15) is 12.0 Å². The molecule has 4 nitrogen and oxygen atoms in total. The zero-order chi connectivity index (χ0) is 16.1. The van der Waals surface area contributed by atoms with Gasteiger partial charge in [0.2, 0.25) is 10.0 Å². The Hall–Kier alpha value is -1.19. The average Bonchev–Trinajstić information content (AvgIpc) is 2.43. The molecule has 21 heavy (non-hydrogen) atoms. The lowest BCUT2D eigenvalue weighted by atomic mass is 10.1. The van der Waals surface area contributed by atoms with Crippen molar-refractivity contribution in [3.63, 3.8) is 0 Å². The van der Waals surface area contributed by atoms with Gasteiger partial charge >= 0.3 is 12.3 Å². The van der Waals surface area contributed by atoms with Crippen molar-refractivity contribution >= 4 is 10.0 Å². The fraction of sp³-hybridized carbons (Fsp3) is 0.500. The van der Waals surface area contributed by atoms with Gasteiger partial charge in [0, 0.05) is 0 Å². The van der Waals surface area contributed by atoms with Gasteiger partial charge in [-0.3, -0.25) is 0 Å². The first-order chi connectivity index (χ1) is 9.69. The predicted molar refractivity (Wildman–Crippen MR) is 70.0 cm³/mol. The van der Waals surface area contributed by atoms with Gasteiger partial charge in [-0.25, -0.2) is 21.9 Å². The van der Waals surface area contributed by atoms with Crippen LogP contribution in [0.5, 0.6) is 0 Å². The van der Waals surface area contributed by atoms with E-state index in [1.165, 1.54) is 29.0 Å². The topological polar surface area (TPSA) is 72.2 Å². The Balaban J connectivity index is 2.74. The summed E-state index contributed by atoms with van der Waals surface area (Å²) in [5.74, 6) is -4.41. The van der Waals surface area contributed by atoms with E-state index in [9.17, 15) is 26.0 Å². The highest BCUT2D eigenvalue weighted by Crippen LogP contribution is 2.22. The molecule has 3 N–H and O–H groups in total. The number of nitrogens with one attached hydrogen (secondary N) is 1. The monoisotopic (exact) mass is 328 g/mol. The summed E-state index contributed by atoms with van der Waals surface area (Å²) in [6.07, 6.45) is -2.54. The minimum absolute atomic E-state index is 0.260. The van der Waals surface area contributed by atoms with Gasteiger partial charge in [-0.15, -0.1) is 0 Å². The number of sulfonamides is 1. The number of halogens is 4. The van der Waals surface area contributed by atoms with Crippen LogP contribution in [-0.2, 0) is 16.4 Å². The second-order valence-corrected chi connectivity index (χ2v) is 6.19. The maximum Gasteiger partial charge on any atom is 0.320 e. The maximum absolute atomic E-state index is 12.7. The number of rotatable bonds is 8. The summed E-state index contributed by atoms with van der Waals surface area (Å²) >= 11 is 0. The van der Waals surface area contributed by atoms with Crippen LogP contribution in [0.15, 0.2) is 29.2 Å². The molecule has 1 aromatic carbocycles. The van der Waals surface area contributed by atoms with Crippen molar-refractivity contribution in [1.29, 1.82) is 0 Å². The first-order valence-electron chi connectivity index (χ1n) is 6.13. The lowest BCUT2D eigenvalue weighted by Crippen LogP contribution is -2.41. The van der Waals surface area contributed by atoms with Gasteiger partial charge < -0.3 is 5.73 Å². The van der Waals surface area contributed by atoms with Gasteiger partial charge in [-0.1, -0.05) is 12.1 Å². The van der Waals surface area contributed by atoms with Gasteiger partial charge in [-0.05, 0) is 37.1 Å². The van der Waals surface area contributed by atoms with Crippen LogP contribution in [0.2, 0.25) is 0 Å². The number of aryl methyl sites for hydroxylation is 1. The van der Waals surface area contributed by atoms with Crippen LogP contribution in [-0.4, -0.2) is 33.9 Å². The number of hydrogen-bond donors (Lipinski definition) is 2. The number of nitrogens with two attached hydrogens (primary N) is 1. The van der Waals surface area contributed by atoms with Gasteiger partial charge in [0.05, 0.1) is 11.4 Å². The van der Waals surface area contributed by atoms with Crippen LogP contribution in [0.25, 0.3) is 0 Å². The van der Waals surface area contributed by atoms with Crippen LogP contribution >= 0.6 is 0 Å². The van der Waals surface area contributed by atoms with E-state index in [0.29, 0.717) is 13.0 Å². The number of hydrogen-bond acceptors (Lipinski definition) is 3. The van der Waals surface area contributed by atoms with Crippen molar-refractivity contribution in [3.8, 4) is 0 Å². The lowest BCUT2D eigenvalue weighted by molar-refractivity contribution is -0.122. The summed E-state index contributed by atoms with van der Waals surface area (Å²) in [6, 6.07) is 5.51. The van der Waals surface area contributed by atoms with Crippen LogP contribution in [0.3, 0.4) is 0 Å². The SMILES string of the molecule is NCCCc1ccc(S(=O)(=O)NCC(F)(F)C(F)F)cc1. The summed E-state index contributed by atoms with van der Waals surface area (Å²) in [5.41, 5.74) is 6.19. The Bertz CT molecular complexity index is 547. The third kappa shape index (κ3) is 5.25. The van der Waals surface area contributed by atoms with Crippen LogP contribution < -0.4 is 10.5 Å². The molecule has 0 spiro atoms.